The lowest BCUT2D eigenvalue weighted by Gasteiger charge is -2.17. The standard InChI is InChI=1S/C16H14ClIN2O2/c1-20(16(22)13-7-2-3-8-14(13)18)10-15(21)19-12-6-4-5-11(17)9-12/h2-9H,10H2,1H3,(H,19,21). The first-order valence-electron chi connectivity index (χ1n) is 6.53. The number of anilines is 1. The molecule has 114 valence electrons. The van der Waals surface area contributed by atoms with Crippen molar-refractivity contribution >= 4 is 51.7 Å². The second-order valence-electron chi connectivity index (χ2n) is 4.70. The molecule has 0 heterocycles. The van der Waals surface area contributed by atoms with Gasteiger partial charge in [0, 0.05) is 21.3 Å². The van der Waals surface area contributed by atoms with E-state index in [1.54, 1.807) is 43.4 Å². The molecule has 0 aliphatic heterocycles. The van der Waals surface area contributed by atoms with Crippen LogP contribution in [0.5, 0.6) is 0 Å². The van der Waals surface area contributed by atoms with E-state index in [4.69, 9.17) is 11.6 Å². The molecule has 0 saturated carbocycles. The average molecular weight is 429 g/mol. The van der Waals surface area contributed by atoms with E-state index in [1.165, 1.54) is 4.90 Å². The Morgan fingerprint density at radius 1 is 1.18 bits per heavy atom. The van der Waals surface area contributed by atoms with Crippen LogP contribution < -0.4 is 5.32 Å². The van der Waals surface area contributed by atoms with Gasteiger partial charge in [-0.1, -0.05) is 29.8 Å². The second kappa shape index (κ2) is 7.60. The van der Waals surface area contributed by atoms with Gasteiger partial charge < -0.3 is 10.2 Å². The highest BCUT2D eigenvalue weighted by Gasteiger charge is 2.17. The maximum Gasteiger partial charge on any atom is 0.255 e. The van der Waals surface area contributed by atoms with Gasteiger partial charge in [0.05, 0.1) is 12.1 Å². The van der Waals surface area contributed by atoms with Crippen LogP contribution in [0.1, 0.15) is 10.4 Å². The van der Waals surface area contributed by atoms with Crippen molar-refractivity contribution in [3.63, 3.8) is 0 Å². The zero-order chi connectivity index (χ0) is 16.1. The fourth-order valence-corrected chi connectivity index (χ4v) is 2.70. The molecule has 0 spiro atoms. The van der Waals surface area contributed by atoms with E-state index in [0.29, 0.717) is 16.3 Å². The zero-order valence-corrected chi connectivity index (χ0v) is 14.8. The largest absolute Gasteiger partial charge is 0.332 e. The lowest BCUT2D eigenvalue weighted by atomic mass is 10.2. The SMILES string of the molecule is CN(CC(=O)Nc1cccc(Cl)c1)C(=O)c1ccccc1I. The smallest absolute Gasteiger partial charge is 0.255 e. The van der Waals surface area contributed by atoms with E-state index in [0.717, 1.165) is 3.57 Å². The summed E-state index contributed by atoms with van der Waals surface area (Å²) in [5, 5.41) is 3.26. The minimum Gasteiger partial charge on any atom is -0.332 e. The zero-order valence-electron chi connectivity index (χ0n) is 11.8. The Balaban J connectivity index is 1.99. The normalized spacial score (nSPS) is 10.1. The van der Waals surface area contributed by atoms with Crippen LogP contribution in [0.25, 0.3) is 0 Å². The van der Waals surface area contributed by atoms with Gasteiger partial charge in [0.15, 0.2) is 0 Å². The Hall–Kier alpha value is -1.60. The number of amides is 2. The maximum absolute atomic E-state index is 12.3. The topological polar surface area (TPSA) is 49.4 Å². The van der Waals surface area contributed by atoms with Gasteiger partial charge in [-0.2, -0.15) is 0 Å². The number of rotatable bonds is 4. The molecule has 0 bridgehead atoms. The number of likely N-dealkylation sites (N-methyl/N-ethyl adjacent to an activating group) is 1. The number of nitrogens with one attached hydrogen (secondary N) is 1. The minimum atomic E-state index is -0.274. The number of nitrogens with zero attached hydrogens (tertiary/aromatic N) is 1. The molecule has 22 heavy (non-hydrogen) atoms. The summed E-state index contributed by atoms with van der Waals surface area (Å²) < 4.78 is 0.854. The lowest BCUT2D eigenvalue weighted by molar-refractivity contribution is -0.116. The van der Waals surface area contributed by atoms with Crippen molar-refractivity contribution in [2.75, 3.05) is 18.9 Å². The number of carbonyl (C=O) groups is 2. The summed E-state index contributed by atoms with van der Waals surface area (Å²) in [4.78, 5) is 25.7. The van der Waals surface area contributed by atoms with Gasteiger partial charge in [0.2, 0.25) is 5.91 Å². The van der Waals surface area contributed by atoms with E-state index < -0.39 is 0 Å². The Labute approximate surface area is 147 Å². The molecule has 1 N–H and O–H groups in total. The van der Waals surface area contributed by atoms with E-state index >= 15 is 0 Å². The fourth-order valence-electron chi connectivity index (χ4n) is 1.89. The maximum atomic E-state index is 12.3. The van der Waals surface area contributed by atoms with Crippen LogP contribution in [-0.2, 0) is 4.79 Å². The Morgan fingerprint density at radius 3 is 2.59 bits per heavy atom. The molecule has 2 amide bonds. The number of hydrogen-bond acceptors (Lipinski definition) is 2. The van der Waals surface area contributed by atoms with Crippen LogP contribution in [0.15, 0.2) is 48.5 Å². The Kier molecular flexibility index (Phi) is 5.79. The van der Waals surface area contributed by atoms with Gasteiger partial charge >= 0.3 is 0 Å². The van der Waals surface area contributed by atoms with Crippen molar-refractivity contribution in [3.05, 3.63) is 62.7 Å². The first-order chi connectivity index (χ1) is 10.5. The van der Waals surface area contributed by atoms with Gasteiger partial charge in [-0.25, -0.2) is 0 Å². The van der Waals surface area contributed by atoms with Crippen LogP contribution in [-0.4, -0.2) is 30.3 Å². The van der Waals surface area contributed by atoms with E-state index in [-0.39, 0.29) is 18.4 Å². The van der Waals surface area contributed by atoms with Gasteiger partial charge in [-0.3, -0.25) is 9.59 Å². The van der Waals surface area contributed by atoms with E-state index in [2.05, 4.69) is 27.9 Å². The fraction of sp³-hybridized carbons (Fsp3) is 0.125. The quantitative estimate of drug-likeness (QED) is 0.756. The molecule has 2 aromatic rings. The van der Waals surface area contributed by atoms with Gasteiger partial charge in [0.25, 0.3) is 5.91 Å². The molecule has 4 nitrogen and oxygen atoms in total. The third-order valence-electron chi connectivity index (χ3n) is 2.94. The molecule has 0 unspecified atom stereocenters. The van der Waals surface area contributed by atoms with Gasteiger partial charge in [-0.05, 0) is 52.9 Å². The van der Waals surface area contributed by atoms with E-state index in [1.807, 2.05) is 12.1 Å². The van der Waals surface area contributed by atoms with Crippen molar-refractivity contribution < 1.29 is 9.59 Å². The van der Waals surface area contributed by atoms with Crippen LogP contribution >= 0.6 is 34.2 Å². The van der Waals surface area contributed by atoms with Crippen LogP contribution in [0.2, 0.25) is 5.02 Å². The van der Waals surface area contributed by atoms with Gasteiger partial charge in [-0.15, -0.1) is 0 Å². The van der Waals surface area contributed by atoms with Crippen molar-refractivity contribution in [1.29, 1.82) is 0 Å². The second-order valence-corrected chi connectivity index (χ2v) is 6.30. The molecule has 0 saturated heterocycles. The molecule has 2 aromatic carbocycles. The van der Waals surface area contributed by atoms with Crippen molar-refractivity contribution in [1.82, 2.24) is 4.90 Å². The monoisotopic (exact) mass is 428 g/mol. The first kappa shape index (κ1) is 16.8. The minimum absolute atomic E-state index is 0.0314. The number of hydrogen-bond donors (Lipinski definition) is 1. The van der Waals surface area contributed by atoms with E-state index in [9.17, 15) is 9.59 Å². The molecule has 0 aliphatic carbocycles. The van der Waals surface area contributed by atoms with Crippen molar-refractivity contribution in [3.8, 4) is 0 Å². The molecular weight excluding hydrogens is 415 g/mol. The third kappa shape index (κ3) is 4.45. The molecule has 0 fully saturated rings. The predicted molar refractivity (Wildman–Crippen MR) is 96.2 cm³/mol. The average Bonchev–Trinajstić information content (AvgIpc) is 2.46. The molecule has 0 aliphatic rings. The summed E-state index contributed by atoms with van der Waals surface area (Å²) in [6.07, 6.45) is 0. The van der Waals surface area contributed by atoms with Gasteiger partial charge in [0.1, 0.15) is 0 Å². The summed E-state index contributed by atoms with van der Waals surface area (Å²) in [7, 11) is 1.60. The lowest BCUT2D eigenvalue weighted by Crippen LogP contribution is -2.35. The van der Waals surface area contributed by atoms with Crippen molar-refractivity contribution in [2.24, 2.45) is 0 Å². The molecular formula is C16H14ClIN2O2. The summed E-state index contributed by atoms with van der Waals surface area (Å²) in [5.41, 5.74) is 1.19. The molecule has 6 heteroatoms. The summed E-state index contributed by atoms with van der Waals surface area (Å²) in [6.45, 7) is -0.0314. The third-order valence-corrected chi connectivity index (χ3v) is 4.12. The number of halogens is 2. The summed E-state index contributed by atoms with van der Waals surface area (Å²) in [5.74, 6) is -0.463. The first-order valence-corrected chi connectivity index (χ1v) is 7.98. The molecule has 2 rings (SSSR count). The summed E-state index contributed by atoms with van der Waals surface area (Å²) in [6, 6.07) is 14.1. The highest BCUT2D eigenvalue weighted by molar-refractivity contribution is 14.1. The van der Waals surface area contributed by atoms with Crippen molar-refractivity contribution in [2.45, 2.75) is 0 Å². The number of benzene rings is 2. The molecule has 0 atom stereocenters. The molecule has 0 radical (unpaired) electrons. The highest BCUT2D eigenvalue weighted by Crippen LogP contribution is 2.15. The van der Waals surface area contributed by atoms with Crippen LogP contribution in [0.3, 0.4) is 0 Å². The molecule has 0 aromatic heterocycles. The predicted octanol–water partition coefficient (Wildman–Crippen LogP) is 3.66. The Morgan fingerprint density at radius 2 is 1.91 bits per heavy atom. The Bertz CT molecular complexity index is 706. The van der Waals surface area contributed by atoms with Crippen LogP contribution in [0, 0.1) is 3.57 Å². The highest BCUT2D eigenvalue weighted by atomic mass is 127. The summed E-state index contributed by atoms with van der Waals surface area (Å²) >= 11 is 7.97. The van der Waals surface area contributed by atoms with Crippen LogP contribution in [0.4, 0.5) is 5.69 Å². The number of carbonyl (C=O) groups excluding carboxylic acids is 2.